The number of amides is 2. The predicted octanol–water partition coefficient (Wildman–Crippen LogP) is -1.04. The fourth-order valence-corrected chi connectivity index (χ4v) is 1.55. The number of hydrogen-bond acceptors (Lipinski definition) is 4. The highest BCUT2D eigenvalue weighted by Gasteiger charge is 2.33. The standard InChI is InChI=1S/C11H21N3O3/c1-8(10(16)14(3)4)13-9(15)5-17-11(2)6-12-7-11/h8,12H,5-7H2,1-4H3,(H,13,15). The van der Waals surface area contributed by atoms with Crippen LogP contribution in [-0.2, 0) is 14.3 Å². The number of rotatable bonds is 5. The van der Waals surface area contributed by atoms with Gasteiger partial charge in [0.15, 0.2) is 0 Å². The van der Waals surface area contributed by atoms with Crippen LogP contribution in [0.15, 0.2) is 0 Å². The summed E-state index contributed by atoms with van der Waals surface area (Å²) in [4.78, 5) is 24.5. The van der Waals surface area contributed by atoms with Crippen LogP contribution in [0, 0.1) is 0 Å². The normalized spacial score (nSPS) is 19.1. The van der Waals surface area contributed by atoms with Crippen molar-refractivity contribution in [1.29, 1.82) is 0 Å². The van der Waals surface area contributed by atoms with Gasteiger partial charge in [-0.2, -0.15) is 0 Å². The van der Waals surface area contributed by atoms with Crippen LogP contribution in [0.25, 0.3) is 0 Å². The molecule has 0 saturated carbocycles. The van der Waals surface area contributed by atoms with E-state index in [0.717, 1.165) is 13.1 Å². The van der Waals surface area contributed by atoms with Crippen molar-refractivity contribution in [2.45, 2.75) is 25.5 Å². The summed E-state index contributed by atoms with van der Waals surface area (Å²) in [6.45, 7) is 5.11. The average molecular weight is 243 g/mol. The van der Waals surface area contributed by atoms with Gasteiger partial charge in [-0.1, -0.05) is 0 Å². The Morgan fingerprint density at radius 3 is 2.47 bits per heavy atom. The third kappa shape index (κ3) is 3.98. The number of hydrogen-bond donors (Lipinski definition) is 2. The van der Waals surface area contributed by atoms with E-state index in [1.54, 1.807) is 21.0 Å². The van der Waals surface area contributed by atoms with E-state index >= 15 is 0 Å². The Kier molecular flexibility index (Phi) is 4.47. The molecule has 1 heterocycles. The Bertz CT molecular complexity index is 300. The zero-order chi connectivity index (χ0) is 13.1. The van der Waals surface area contributed by atoms with E-state index in [4.69, 9.17) is 4.74 Å². The minimum absolute atomic E-state index is 0.0107. The Balaban J connectivity index is 2.27. The van der Waals surface area contributed by atoms with Crippen molar-refractivity contribution in [1.82, 2.24) is 15.5 Å². The molecule has 1 atom stereocenters. The first kappa shape index (κ1) is 13.9. The second-order valence-corrected chi connectivity index (χ2v) is 4.86. The molecule has 0 aliphatic carbocycles. The van der Waals surface area contributed by atoms with Crippen molar-refractivity contribution < 1.29 is 14.3 Å². The fraction of sp³-hybridized carbons (Fsp3) is 0.818. The molecule has 0 bridgehead atoms. The number of likely N-dealkylation sites (N-methyl/N-ethyl adjacent to an activating group) is 1. The minimum atomic E-state index is -0.520. The average Bonchev–Trinajstić information content (AvgIpc) is 2.22. The lowest BCUT2D eigenvalue weighted by molar-refractivity contribution is -0.140. The van der Waals surface area contributed by atoms with Crippen molar-refractivity contribution in [3.05, 3.63) is 0 Å². The molecule has 0 radical (unpaired) electrons. The molecule has 1 rings (SSSR count). The molecule has 1 fully saturated rings. The smallest absolute Gasteiger partial charge is 0.246 e. The van der Waals surface area contributed by atoms with Crippen molar-refractivity contribution in [2.75, 3.05) is 33.8 Å². The van der Waals surface area contributed by atoms with E-state index in [2.05, 4.69) is 10.6 Å². The van der Waals surface area contributed by atoms with Crippen LogP contribution in [0.1, 0.15) is 13.8 Å². The van der Waals surface area contributed by atoms with Crippen LogP contribution in [0.3, 0.4) is 0 Å². The summed E-state index contributed by atoms with van der Waals surface area (Å²) < 4.78 is 5.47. The van der Waals surface area contributed by atoms with Gasteiger partial charge < -0.3 is 20.3 Å². The lowest BCUT2D eigenvalue weighted by Gasteiger charge is -2.38. The second kappa shape index (κ2) is 5.46. The van der Waals surface area contributed by atoms with Crippen LogP contribution in [0.2, 0.25) is 0 Å². The number of nitrogens with zero attached hydrogens (tertiary/aromatic N) is 1. The first-order valence-electron chi connectivity index (χ1n) is 5.69. The topological polar surface area (TPSA) is 70.7 Å². The maximum Gasteiger partial charge on any atom is 0.246 e. The molecule has 2 amide bonds. The first-order valence-corrected chi connectivity index (χ1v) is 5.69. The van der Waals surface area contributed by atoms with Crippen molar-refractivity contribution in [3.63, 3.8) is 0 Å². The summed E-state index contributed by atoms with van der Waals surface area (Å²) in [6, 6.07) is -0.520. The van der Waals surface area contributed by atoms with Crippen LogP contribution in [0.4, 0.5) is 0 Å². The van der Waals surface area contributed by atoms with Gasteiger partial charge in [-0.05, 0) is 13.8 Å². The summed E-state index contributed by atoms with van der Waals surface area (Å²) in [5.74, 6) is -0.393. The lowest BCUT2D eigenvalue weighted by atomic mass is 10.0. The summed E-state index contributed by atoms with van der Waals surface area (Å²) in [6.07, 6.45) is 0. The molecule has 0 aromatic rings. The van der Waals surface area contributed by atoms with Gasteiger partial charge in [0, 0.05) is 27.2 Å². The van der Waals surface area contributed by atoms with Gasteiger partial charge in [0.05, 0.1) is 5.60 Å². The maximum atomic E-state index is 11.5. The Morgan fingerprint density at radius 1 is 1.47 bits per heavy atom. The van der Waals surface area contributed by atoms with Gasteiger partial charge >= 0.3 is 0 Å². The van der Waals surface area contributed by atoms with E-state index < -0.39 is 6.04 Å². The number of carbonyl (C=O) groups excluding carboxylic acids is 2. The molecule has 0 aromatic heterocycles. The van der Waals surface area contributed by atoms with Crippen LogP contribution >= 0.6 is 0 Å². The molecular formula is C11H21N3O3. The number of nitrogens with one attached hydrogen (secondary N) is 2. The van der Waals surface area contributed by atoms with E-state index in [-0.39, 0.29) is 24.0 Å². The molecule has 0 aromatic carbocycles. The van der Waals surface area contributed by atoms with Crippen molar-refractivity contribution in [3.8, 4) is 0 Å². The summed E-state index contributed by atoms with van der Waals surface area (Å²) in [5, 5.41) is 5.69. The second-order valence-electron chi connectivity index (χ2n) is 4.86. The molecule has 6 heteroatoms. The predicted molar refractivity (Wildman–Crippen MR) is 63.5 cm³/mol. The number of carbonyl (C=O) groups is 2. The summed E-state index contributed by atoms with van der Waals surface area (Å²) in [5.41, 5.74) is -0.244. The first-order chi connectivity index (χ1) is 7.84. The maximum absolute atomic E-state index is 11.5. The molecule has 6 nitrogen and oxygen atoms in total. The lowest BCUT2D eigenvalue weighted by Crippen LogP contribution is -2.60. The Hall–Kier alpha value is -1.14. The largest absolute Gasteiger partial charge is 0.363 e. The molecule has 1 aliphatic heterocycles. The molecule has 2 N–H and O–H groups in total. The van der Waals surface area contributed by atoms with Gasteiger partial charge in [-0.25, -0.2) is 0 Å². The van der Waals surface area contributed by atoms with Gasteiger partial charge in [-0.3, -0.25) is 9.59 Å². The quantitative estimate of drug-likeness (QED) is 0.647. The highest BCUT2D eigenvalue weighted by atomic mass is 16.5. The summed E-state index contributed by atoms with van der Waals surface area (Å²) in [7, 11) is 3.31. The minimum Gasteiger partial charge on any atom is -0.363 e. The Morgan fingerprint density at radius 2 is 2.06 bits per heavy atom. The van der Waals surface area contributed by atoms with Gasteiger partial charge in [0.25, 0.3) is 0 Å². The molecule has 0 spiro atoms. The monoisotopic (exact) mass is 243 g/mol. The molecule has 1 saturated heterocycles. The molecule has 98 valence electrons. The third-order valence-electron chi connectivity index (χ3n) is 2.74. The zero-order valence-electron chi connectivity index (χ0n) is 10.9. The van der Waals surface area contributed by atoms with Crippen LogP contribution in [-0.4, -0.2) is 62.1 Å². The highest BCUT2D eigenvalue weighted by Crippen LogP contribution is 2.14. The van der Waals surface area contributed by atoms with Crippen LogP contribution < -0.4 is 10.6 Å². The zero-order valence-corrected chi connectivity index (χ0v) is 10.9. The highest BCUT2D eigenvalue weighted by molar-refractivity contribution is 5.87. The molecule has 17 heavy (non-hydrogen) atoms. The SMILES string of the molecule is CC(NC(=O)COC1(C)CNC1)C(=O)N(C)C. The third-order valence-corrected chi connectivity index (χ3v) is 2.74. The van der Waals surface area contributed by atoms with Gasteiger partial charge in [-0.15, -0.1) is 0 Å². The van der Waals surface area contributed by atoms with Crippen molar-refractivity contribution in [2.24, 2.45) is 0 Å². The van der Waals surface area contributed by atoms with Crippen LogP contribution in [0.5, 0.6) is 0 Å². The Labute approximate surface area is 102 Å². The summed E-state index contributed by atoms with van der Waals surface area (Å²) >= 11 is 0. The van der Waals surface area contributed by atoms with E-state index in [1.807, 2.05) is 6.92 Å². The van der Waals surface area contributed by atoms with Gasteiger partial charge in [0.2, 0.25) is 11.8 Å². The van der Waals surface area contributed by atoms with Gasteiger partial charge in [0.1, 0.15) is 12.6 Å². The number of ether oxygens (including phenoxy) is 1. The van der Waals surface area contributed by atoms with E-state index in [9.17, 15) is 9.59 Å². The van der Waals surface area contributed by atoms with E-state index in [1.165, 1.54) is 4.90 Å². The fourth-order valence-electron chi connectivity index (χ4n) is 1.55. The molecular weight excluding hydrogens is 222 g/mol. The van der Waals surface area contributed by atoms with Crippen molar-refractivity contribution >= 4 is 11.8 Å². The molecule has 1 aliphatic rings. The van der Waals surface area contributed by atoms with E-state index in [0.29, 0.717) is 0 Å². The molecule has 1 unspecified atom stereocenters.